The number of rotatable bonds is 7. The van der Waals surface area contributed by atoms with Gasteiger partial charge in [0.15, 0.2) is 5.82 Å². The van der Waals surface area contributed by atoms with Crippen molar-refractivity contribution in [3.8, 4) is 0 Å². The molecule has 0 fully saturated rings. The zero-order valence-electron chi connectivity index (χ0n) is 20.7. The van der Waals surface area contributed by atoms with Crippen LogP contribution in [-0.2, 0) is 12.0 Å². The number of nitrogens with zero attached hydrogens (tertiary/aromatic N) is 3. The maximum atomic E-state index is 13.1. The van der Waals surface area contributed by atoms with Crippen LogP contribution in [0.1, 0.15) is 56.8 Å². The van der Waals surface area contributed by atoms with Crippen molar-refractivity contribution in [1.82, 2.24) is 9.66 Å². The van der Waals surface area contributed by atoms with E-state index >= 15 is 0 Å². The smallest absolute Gasteiger partial charge is 0.274 e. The van der Waals surface area contributed by atoms with E-state index in [4.69, 9.17) is 0 Å². The molecule has 5 nitrogen and oxygen atoms in total. The van der Waals surface area contributed by atoms with Crippen LogP contribution < -0.4 is 10.9 Å². The van der Waals surface area contributed by atoms with Crippen molar-refractivity contribution in [3.05, 3.63) is 112 Å². The first kappa shape index (κ1) is 24.3. The fourth-order valence-electron chi connectivity index (χ4n) is 4.30. The first-order valence-corrected chi connectivity index (χ1v) is 11.8. The highest BCUT2D eigenvalue weighted by atomic mass is 19.1. The molecule has 1 unspecified atom stereocenters. The van der Waals surface area contributed by atoms with E-state index in [-0.39, 0.29) is 16.8 Å². The van der Waals surface area contributed by atoms with Gasteiger partial charge in [-0.1, -0.05) is 63.3 Å². The Morgan fingerprint density at radius 3 is 2.49 bits per heavy atom. The van der Waals surface area contributed by atoms with Gasteiger partial charge < -0.3 is 5.32 Å². The number of hydrogen-bond donors (Lipinski definition) is 1. The van der Waals surface area contributed by atoms with Crippen molar-refractivity contribution in [2.24, 2.45) is 11.0 Å². The van der Waals surface area contributed by atoms with E-state index in [9.17, 15) is 9.18 Å². The van der Waals surface area contributed by atoms with Gasteiger partial charge in [-0.25, -0.2) is 9.37 Å². The van der Waals surface area contributed by atoms with Crippen LogP contribution in [-0.4, -0.2) is 15.4 Å². The molecule has 1 aliphatic rings. The molecule has 3 aromatic rings. The molecule has 0 spiro atoms. The first-order chi connectivity index (χ1) is 16.7. The number of aromatic nitrogens is 2. The topological polar surface area (TPSA) is 59.3 Å². The number of halogens is 1. The molecule has 6 heteroatoms. The Balaban J connectivity index is 1.60. The minimum absolute atomic E-state index is 0.116. The Bertz CT molecular complexity index is 1350. The number of fused-ring (bicyclic) bond motifs is 1. The number of allylic oxidation sites excluding steroid dienone is 2. The second kappa shape index (κ2) is 9.82. The van der Waals surface area contributed by atoms with Gasteiger partial charge in [-0.2, -0.15) is 9.78 Å². The van der Waals surface area contributed by atoms with E-state index in [2.05, 4.69) is 73.9 Å². The number of benzene rings is 2. The Morgan fingerprint density at radius 1 is 1.17 bits per heavy atom. The average Bonchev–Trinajstić information content (AvgIpc) is 3.06. The molecule has 0 bridgehead atoms. The van der Waals surface area contributed by atoms with Crippen LogP contribution >= 0.6 is 0 Å². The molecule has 2 aromatic carbocycles. The van der Waals surface area contributed by atoms with E-state index in [1.165, 1.54) is 28.4 Å². The molecule has 180 valence electrons. The van der Waals surface area contributed by atoms with E-state index < -0.39 is 0 Å². The normalized spacial score (nSPS) is 14.6. The maximum Gasteiger partial charge on any atom is 0.274 e. The average molecular weight is 471 g/mol. The molecule has 0 saturated carbocycles. The maximum absolute atomic E-state index is 13.1. The van der Waals surface area contributed by atoms with Gasteiger partial charge in [-0.05, 0) is 54.3 Å². The quantitative estimate of drug-likeness (QED) is 0.421. The van der Waals surface area contributed by atoms with Gasteiger partial charge in [-0.15, -0.1) is 0 Å². The van der Waals surface area contributed by atoms with Crippen LogP contribution in [0.4, 0.5) is 10.1 Å². The summed E-state index contributed by atoms with van der Waals surface area (Å²) in [6.45, 7) is 13.3. The monoisotopic (exact) mass is 470 g/mol. The Kier molecular flexibility index (Phi) is 6.83. The Hall–Kier alpha value is -3.80. The molecule has 1 aliphatic heterocycles. The van der Waals surface area contributed by atoms with Crippen LogP contribution in [0, 0.1) is 11.7 Å². The van der Waals surface area contributed by atoms with Crippen molar-refractivity contribution in [3.63, 3.8) is 0 Å². The third kappa shape index (κ3) is 5.02. The molecule has 1 atom stereocenters. The third-order valence-electron chi connectivity index (χ3n) is 6.95. The lowest BCUT2D eigenvalue weighted by Gasteiger charge is -2.35. The first-order valence-electron chi connectivity index (χ1n) is 11.8. The minimum Gasteiger partial charge on any atom is -0.379 e. The molecule has 35 heavy (non-hydrogen) atoms. The summed E-state index contributed by atoms with van der Waals surface area (Å²) in [5.41, 5.74) is 5.09. The van der Waals surface area contributed by atoms with Crippen molar-refractivity contribution in [2.45, 2.75) is 46.1 Å². The lowest BCUT2D eigenvalue weighted by Crippen LogP contribution is -2.29. The van der Waals surface area contributed by atoms with Gasteiger partial charge in [0.05, 0.1) is 18.0 Å². The fourth-order valence-corrected chi connectivity index (χ4v) is 4.30. The summed E-state index contributed by atoms with van der Waals surface area (Å²) >= 11 is 0. The van der Waals surface area contributed by atoms with E-state index in [0.717, 1.165) is 22.5 Å². The van der Waals surface area contributed by atoms with Gasteiger partial charge in [0.25, 0.3) is 5.56 Å². The second-order valence-corrected chi connectivity index (χ2v) is 9.48. The largest absolute Gasteiger partial charge is 0.379 e. The predicted octanol–water partition coefficient (Wildman–Crippen LogP) is 6.15. The summed E-state index contributed by atoms with van der Waals surface area (Å²) in [6, 6.07) is 15.9. The molecule has 1 N–H and O–H groups in total. The Labute approximate surface area is 205 Å². The number of hydrogen-bond acceptors (Lipinski definition) is 4. The molecule has 0 amide bonds. The number of anilines is 1. The molecule has 4 rings (SSSR count). The summed E-state index contributed by atoms with van der Waals surface area (Å²) in [5, 5.41) is 7.82. The lowest BCUT2D eigenvalue weighted by molar-refractivity contribution is 0.398. The predicted molar refractivity (Wildman–Crippen MR) is 141 cm³/mol. The molecule has 0 radical (unpaired) electrons. The van der Waals surface area contributed by atoms with Crippen LogP contribution in [0.15, 0.2) is 82.7 Å². The van der Waals surface area contributed by atoms with Crippen molar-refractivity contribution in [2.75, 3.05) is 5.32 Å². The van der Waals surface area contributed by atoms with Crippen LogP contribution in [0.2, 0.25) is 0 Å². The van der Waals surface area contributed by atoms with Gasteiger partial charge in [0.2, 0.25) is 0 Å². The summed E-state index contributed by atoms with van der Waals surface area (Å²) in [6.07, 6.45) is 4.39. The zero-order valence-corrected chi connectivity index (χ0v) is 20.7. The van der Waals surface area contributed by atoms with Crippen LogP contribution in [0.3, 0.4) is 0 Å². The zero-order chi connectivity index (χ0) is 25.2. The Morgan fingerprint density at radius 2 is 1.86 bits per heavy atom. The standard InChI is InChI=1S/C29H31FN4O/c1-19(2)29(5,20(3)4)22-11-9-21(10-12-22)26-7-6-8-27-32-25(17-28(35)34(27)33-26)18-31-24-15-13-23(30)14-16-24/h6,8-17,20,31H,1,7,18H2,2-5H3. The second-order valence-electron chi connectivity index (χ2n) is 9.48. The SMILES string of the molecule is C=C(C)C(C)(c1ccc(C2=Nn3c(nc(CNc4ccc(F)cc4)cc3=O)C=CC2)cc1)C(C)C. The van der Waals surface area contributed by atoms with Gasteiger partial charge >= 0.3 is 0 Å². The third-order valence-corrected chi connectivity index (χ3v) is 6.95. The molecule has 2 heterocycles. The van der Waals surface area contributed by atoms with Gasteiger partial charge in [-0.3, -0.25) is 4.79 Å². The van der Waals surface area contributed by atoms with Gasteiger partial charge in [0, 0.05) is 23.6 Å². The lowest BCUT2D eigenvalue weighted by atomic mass is 9.69. The molecular weight excluding hydrogens is 439 g/mol. The summed E-state index contributed by atoms with van der Waals surface area (Å²) in [7, 11) is 0. The highest BCUT2D eigenvalue weighted by Gasteiger charge is 2.31. The molecule has 1 aromatic heterocycles. The van der Waals surface area contributed by atoms with E-state index in [0.29, 0.717) is 30.4 Å². The highest BCUT2D eigenvalue weighted by molar-refractivity contribution is 6.02. The minimum atomic E-state index is -0.296. The van der Waals surface area contributed by atoms with E-state index in [1.807, 2.05) is 12.2 Å². The van der Waals surface area contributed by atoms with Crippen LogP contribution in [0.25, 0.3) is 6.08 Å². The van der Waals surface area contributed by atoms with Crippen molar-refractivity contribution >= 4 is 17.5 Å². The summed E-state index contributed by atoms with van der Waals surface area (Å²) < 4.78 is 14.5. The molecular formula is C29H31FN4O. The van der Waals surface area contributed by atoms with Gasteiger partial charge in [0.1, 0.15) is 5.82 Å². The molecule has 0 saturated heterocycles. The summed E-state index contributed by atoms with van der Waals surface area (Å²) in [5.74, 6) is 0.595. The van der Waals surface area contributed by atoms with Crippen LogP contribution in [0.5, 0.6) is 0 Å². The highest BCUT2D eigenvalue weighted by Crippen LogP contribution is 2.38. The number of nitrogens with one attached hydrogen (secondary N) is 1. The summed E-state index contributed by atoms with van der Waals surface area (Å²) in [4.78, 5) is 17.5. The van der Waals surface area contributed by atoms with Crippen molar-refractivity contribution < 1.29 is 4.39 Å². The van der Waals surface area contributed by atoms with Crippen molar-refractivity contribution in [1.29, 1.82) is 0 Å². The van der Waals surface area contributed by atoms with E-state index in [1.54, 1.807) is 12.1 Å². The fraction of sp³-hybridized carbons (Fsp3) is 0.276. The molecule has 0 aliphatic carbocycles.